The maximum atomic E-state index is 3.75. The van der Waals surface area contributed by atoms with Gasteiger partial charge in [0.05, 0.1) is 0 Å². The first-order valence-electron chi connectivity index (χ1n) is 8.75. The Labute approximate surface area is 161 Å². The van der Waals surface area contributed by atoms with Crippen LogP contribution in [0.2, 0.25) is 0 Å². The van der Waals surface area contributed by atoms with Crippen LogP contribution in [0.15, 0.2) is 91.0 Å². The minimum absolute atomic E-state index is 0.228. The first-order valence-corrected chi connectivity index (χ1v) is 12.2. The molecule has 0 nitrogen and oxygen atoms in total. The standard InChI is InChI=1S/C23H24BrP/c24-25-19-23(16-20-10-4-1-5-11-20,17-21-12-6-2-7-13-21)18-22-14-8-3-9-15-22/h1-15,25H,16-19H2. The van der Waals surface area contributed by atoms with Gasteiger partial charge in [0.1, 0.15) is 0 Å². The second-order valence-electron chi connectivity index (χ2n) is 6.80. The normalized spacial score (nSPS) is 11.9. The summed E-state index contributed by atoms with van der Waals surface area (Å²) in [5.41, 5.74) is 4.52. The Morgan fingerprint density at radius 2 is 0.880 bits per heavy atom. The van der Waals surface area contributed by atoms with Crippen molar-refractivity contribution in [3.05, 3.63) is 108 Å². The third-order valence-electron chi connectivity index (χ3n) is 4.71. The number of hydrogen-bond acceptors (Lipinski definition) is 0. The van der Waals surface area contributed by atoms with E-state index in [4.69, 9.17) is 0 Å². The van der Waals surface area contributed by atoms with Crippen LogP contribution in [0.1, 0.15) is 16.7 Å². The summed E-state index contributed by atoms with van der Waals surface area (Å²) in [7, 11) is 0.777. The molecule has 0 aliphatic carbocycles. The third kappa shape index (κ3) is 5.53. The van der Waals surface area contributed by atoms with Gasteiger partial charge in [0.2, 0.25) is 0 Å². The van der Waals surface area contributed by atoms with Gasteiger partial charge in [-0.05, 0) is 54.8 Å². The van der Waals surface area contributed by atoms with E-state index in [2.05, 4.69) is 106 Å². The molecule has 0 N–H and O–H groups in total. The molecule has 0 saturated carbocycles. The second kappa shape index (κ2) is 9.32. The van der Waals surface area contributed by atoms with E-state index in [1.54, 1.807) is 0 Å². The Balaban J connectivity index is 1.94. The summed E-state index contributed by atoms with van der Waals surface area (Å²) in [5.74, 6) is 0. The van der Waals surface area contributed by atoms with Crippen molar-refractivity contribution in [1.82, 2.24) is 0 Å². The quantitative estimate of drug-likeness (QED) is 0.362. The van der Waals surface area contributed by atoms with Crippen molar-refractivity contribution >= 4 is 22.8 Å². The molecule has 3 aromatic rings. The van der Waals surface area contributed by atoms with Crippen LogP contribution in [0.25, 0.3) is 0 Å². The van der Waals surface area contributed by atoms with Gasteiger partial charge in [-0.25, -0.2) is 0 Å². The highest BCUT2D eigenvalue weighted by Crippen LogP contribution is 2.40. The summed E-state index contributed by atoms with van der Waals surface area (Å²) in [6.07, 6.45) is 4.51. The van der Waals surface area contributed by atoms with E-state index in [1.165, 1.54) is 22.9 Å². The lowest BCUT2D eigenvalue weighted by molar-refractivity contribution is 0.324. The van der Waals surface area contributed by atoms with Crippen LogP contribution in [0, 0.1) is 5.41 Å². The summed E-state index contributed by atoms with van der Waals surface area (Å²) in [6.45, 7) is 0. The highest BCUT2D eigenvalue weighted by molar-refractivity contribution is 9.36. The van der Waals surface area contributed by atoms with E-state index in [9.17, 15) is 0 Å². The highest BCUT2D eigenvalue weighted by Gasteiger charge is 2.30. The van der Waals surface area contributed by atoms with Gasteiger partial charge in [0.15, 0.2) is 0 Å². The van der Waals surface area contributed by atoms with Gasteiger partial charge in [0.25, 0.3) is 0 Å². The van der Waals surface area contributed by atoms with Crippen LogP contribution in [0.5, 0.6) is 0 Å². The van der Waals surface area contributed by atoms with E-state index in [0.717, 1.165) is 26.5 Å². The zero-order valence-electron chi connectivity index (χ0n) is 14.4. The predicted molar refractivity (Wildman–Crippen MR) is 115 cm³/mol. The summed E-state index contributed by atoms with van der Waals surface area (Å²) in [5, 5.41) is 0. The van der Waals surface area contributed by atoms with Crippen molar-refractivity contribution in [2.75, 3.05) is 6.16 Å². The predicted octanol–water partition coefficient (Wildman–Crippen LogP) is 6.69. The summed E-state index contributed by atoms with van der Waals surface area (Å²) >= 11 is 3.75. The lowest BCUT2D eigenvalue weighted by Crippen LogP contribution is -2.31. The molecule has 0 radical (unpaired) electrons. The van der Waals surface area contributed by atoms with E-state index < -0.39 is 0 Å². The fourth-order valence-corrected chi connectivity index (χ4v) is 6.05. The summed E-state index contributed by atoms with van der Waals surface area (Å²) in [4.78, 5) is 0. The van der Waals surface area contributed by atoms with Crippen LogP contribution in [-0.2, 0) is 19.3 Å². The van der Waals surface area contributed by atoms with Crippen LogP contribution in [-0.4, -0.2) is 6.16 Å². The number of hydrogen-bond donors (Lipinski definition) is 0. The molecule has 0 aliphatic rings. The van der Waals surface area contributed by atoms with Crippen LogP contribution in [0.4, 0.5) is 0 Å². The molecule has 0 saturated heterocycles. The lowest BCUT2D eigenvalue weighted by Gasteiger charge is -2.34. The van der Waals surface area contributed by atoms with Crippen LogP contribution >= 0.6 is 22.8 Å². The Hall–Kier alpha value is -1.43. The molecule has 128 valence electrons. The number of rotatable bonds is 8. The van der Waals surface area contributed by atoms with E-state index in [-0.39, 0.29) is 5.41 Å². The SMILES string of the molecule is BrPCC(Cc1ccccc1)(Cc1ccccc1)Cc1ccccc1. The monoisotopic (exact) mass is 410 g/mol. The molecule has 3 rings (SSSR count). The maximum absolute atomic E-state index is 3.75. The van der Waals surface area contributed by atoms with Gasteiger partial charge >= 0.3 is 0 Å². The van der Waals surface area contributed by atoms with E-state index >= 15 is 0 Å². The lowest BCUT2D eigenvalue weighted by atomic mass is 9.74. The van der Waals surface area contributed by atoms with Crippen molar-refractivity contribution in [3.8, 4) is 0 Å². The zero-order chi connectivity index (χ0) is 17.4. The molecule has 0 bridgehead atoms. The van der Waals surface area contributed by atoms with Crippen LogP contribution < -0.4 is 0 Å². The van der Waals surface area contributed by atoms with Gasteiger partial charge < -0.3 is 0 Å². The third-order valence-corrected chi connectivity index (χ3v) is 6.43. The Morgan fingerprint density at radius 3 is 1.16 bits per heavy atom. The number of halogens is 1. The van der Waals surface area contributed by atoms with Crippen molar-refractivity contribution in [2.45, 2.75) is 19.3 Å². The fourth-order valence-electron chi connectivity index (χ4n) is 3.60. The van der Waals surface area contributed by atoms with Gasteiger partial charge in [-0.2, -0.15) is 0 Å². The smallest absolute Gasteiger partial charge is 0.0132 e. The molecule has 3 aromatic carbocycles. The van der Waals surface area contributed by atoms with Gasteiger partial charge in [-0.3, -0.25) is 0 Å². The molecule has 0 aliphatic heterocycles. The topological polar surface area (TPSA) is 0 Å². The molecular formula is C23H24BrP. The molecular weight excluding hydrogens is 387 g/mol. The van der Waals surface area contributed by atoms with E-state index in [1.807, 2.05) is 0 Å². The highest BCUT2D eigenvalue weighted by atomic mass is 79.9. The van der Waals surface area contributed by atoms with Gasteiger partial charge in [0, 0.05) is 0 Å². The number of benzene rings is 3. The summed E-state index contributed by atoms with van der Waals surface area (Å²) in [6, 6.07) is 32.8. The first kappa shape index (κ1) is 18.4. The minimum Gasteiger partial charge on any atom is -0.0642 e. The molecule has 0 amide bonds. The second-order valence-corrected chi connectivity index (χ2v) is 9.10. The Kier molecular flexibility index (Phi) is 6.84. The molecule has 0 spiro atoms. The first-order chi connectivity index (χ1) is 12.3. The fraction of sp³-hybridized carbons (Fsp3) is 0.217. The van der Waals surface area contributed by atoms with Crippen LogP contribution in [0.3, 0.4) is 0 Å². The Bertz CT molecular complexity index is 639. The van der Waals surface area contributed by atoms with Gasteiger partial charge in [-0.1, -0.05) is 106 Å². The molecule has 1 unspecified atom stereocenters. The molecule has 2 heteroatoms. The average Bonchev–Trinajstić information content (AvgIpc) is 2.64. The maximum Gasteiger partial charge on any atom is -0.0132 e. The van der Waals surface area contributed by atoms with Gasteiger partial charge in [-0.15, -0.1) is 0 Å². The minimum atomic E-state index is 0.228. The molecule has 0 aromatic heterocycles. The van der Waals surface area contributed by atoms with Crippen molar-refractivity contribution < 1.29 is 0 Å². The molecule has 0 heterocycles. The van der Waals surface area contributed by atoms with Crippen molar-refractivity contribution in [2.24, 2.45) is 5.41 Å². The summed E-state index contributed by atoms with van der Waals surface area (Å²) < 4.78 is 0. The van der Waals surface area contributed by atoms with Crippen molar-refractivity contribution in [1.29, 1.82) is 0 Å². The van der Waals surface area contributed by atoms with E-state index in [0.29, 0.717) is 0 Å². The zero-order valence-corrected chi connectivity index (χ0v) is 17.0. The largest absolute Gasteiger partial charge is 0.0642 e. The van der Waals surface area contributed by atoms with Crippen molar-refractivity contribution in [3.63, 3.8) is 0 Å². The molecule has 25 heavy (non-hydrogen) atoms. The molecule has 0 fully saturated rings. The molecule has 1 atom stereocenters. The Morgan fingerprint density at radius 1 is 0.560 bits per heavy atom. The average molecular weight is 411 g/mol.